The highest BCUT2D eigenvalue weighted by Gasteiger charge is 2.23. The largest absolute Gasteiger partial charge is 0.497 e. The number of methoxy groups -OCH3 is 2. The van der Waals surface area contributed by atoms with Crippen LogP contribution in [-0.2, 0) is 4.79 Å². The maximum Gasteiger partial charge on any atom is 0.257 e. The van der Waals surface area contributed by atoms with Crippen LogP contribution < -0.4 is 25.0 Å². The molecule has 8 heteroatoms. The van der Waals surface area contributed by atoms with Gasteiger partial charge in [0, 0.05) is 24.2 Å². The fourth-order valence-corrected chi connectivity index (χ4v) is 3.96. The standard InChI is InChI=1S/C27H27N3O5/c1-34-20-13-10-18(11-14-20)26(32)29-22-8-4-3-7-21(22)27(33)28-19-12-15-24(35-2)23(17-19)30-16-6-5-9-25(30)31/h3-4,7-8,10-15,17H,5-6,9,16H2,1-2H3,(H,28,33)(H,29,32). The van der Waals surface area contributed by atoms with E-state index in [2.05, 4.69) is 10.6 Å². The van der Waals surface area contributed by atoms with Crippen LogP contribution in [0.2, 0.25) is 0 Å². The molecule has 0 spiro atoms. The maximum atomic E-state index is 13.2. The molecule has 1 heterocycles. The van der Waals surface area contributed by atoms with Gasteiger partial charge in [-0.15, -0.1) is 0 Å². The van der Waals surface area contributed by atoms with Gasteiger partial charge in [-0.05, 0) is 67.4 Å². The molecule has 2 N–H and O–H groups in total. The molecule has 8 nitrogen and oxygen atoms in total. The first-order valence-electron chi connectivity index (χ1n) is 11.3. The summed E-state index contributed by atoms with van der Waals surface area (Å²) in [5, 5.41) is 5.68. The van der Waals surface area contributed by atoms with Crippen molar-refractivity contribution in [3.63, 3.8) is 0 Å². The quantitative estimate of drug-likeness (QED) is 0.517. The summed E-state index contributed by atoms with van der Waals surface area (Å²) in [6.45, 7) is 0.604. The topological polar surface area (TPSA) is 97.0 Å². The number of hydrogen-bond acceptors (Lipinski definition) is 5. The first kappa shape index (κ1) is 23.8. The third-order valence-corrected chi connectivity index (χ3v) is 5.82. The Morgan fingerprint density at radius 2 is 1.63 bits per heavy atom. The molecule has 3 aromatic rings. The molecular formula is C27H27N3O5. The van der Waals surface area contributed by atoms with E-state index in [1.807, 2.05) is 0 Å². The summed E-state index contributed by atoms with van der Waals surface area (Å²) < 4.78 is 10.6. The molecule has 0 saturated carbocycles. The molecule has 0 bridgehead atoms. The third-order valence-electron chi connectivity index (χ3n) is 5.82. The number of hydrogen-bond donors (Lipinski definition) is 2. The SMILES string of the molecule is COc1ccc(C(=O)Nc2ccccc2C(=O)Nc2ccc(OC)c(N3CCCCC3=O)c2)cc1. The van der Waals surface area contributed by atoms with E-state index in [4.69, 9.17) is 9.47 Å². The van der Waals surface area contributed by atoms with Crippen LogP contribution in [0.15, 0.2) is 66.7 Å². The summed E-state index contributed by atoms with van der Waals surface area (Å²) >= 11 is 0. The third kappa shape index (κ3) is 5.43. The van der Waals surface area contributed by atoms with Crippen LogP contribution in [0.4, 0.5) is 17.1 Å². The Morgan fingerprint density at radius 3 is 2.34 bits per heavy atom. The van der Waals surface area contributed by atoms with Crippen molar-refractivity contribution in [2.45, 2.75) is 19.3 Å². The summed E-state index contributed by atoms with van der Waals surface area (Å²) in [5.41, 5.74) is 2.26. The van der Waals surface area contributed by atoms with Gasteiger partial charge in [0.1, 0.15) is 11.5 Å². The lowest BCUT2D eigenvalue weighted by molar-refractivity contribution is -0.119. The zero-order valence-electron chi connectivity index (χ0n) is 19.7. The van der Waals surface area contributed by atoms with Crippen molar-refractivity contribution in [3.8, 4) is 11.5 Å². The van der Waals surface area contributed by atoms with Gasteiger partial charge in [0.05, 0.1) is 31.2 Å². The first-order valence-corrected chi connectivity index (χ1v) is 11.3. The summed E-state index contributed by atoms with van der Waals surface area (Å²) in [4.78, 5) is 40.0. The second-order valence-electron chi connectivity index (χ2n) is 8.07. The number of nitrogens with one attached hydrogen (secondary N) is 2. The molecule has 0 atom stereocenters. The van der Waals surface area contributed by atoms with E-state index in [1.54, 1.807) is 85.8 Å². The van der Waals surface area contributed by atoms with Gasteiger partial charge in [-0.3, -0.25) is 14.4 Å². The molecular weight excluding hydrogens is 446 g/mol. The van der Waals surface area contributed by atoms with E-state index in [-0.39, 0.29) is 11.8 Å². The van der Waals surface area contributed by atoms with Gasteiger partial charge in [0.15, 0.2) is 0 Å². The molecule has 1 aliphatic rings. The van der Waals surface area contributed by atoms with Gasteiger partial charge in [0.2, 0.25) is 5.91 Å². The lowest BCUT2D eigenvalue weighted by atomic mass is 10.1. The molecule has 3 aromatic carbocycles. The maximum absolute atomic E-state index is 13.2. The summed E-state index contributed by atoms with van der Waals surface area (Å²) in [6, 6.07) is 18.6. The zero-order chi connectivity index (χ0) is 24.8. The molecule has 0 aromatic heterocycles. The van der Waals surface area contributed by atoms with Gasteiger partial charge in [0.25, 0.3) is 11.8 Å². The van der Waals surface area contributed by atoms with Crippen molar-refractivity contribution in [1.82, 2.24) is 0 Å². The van der Waals surface area contributed by atoms with E-state index < -0.39 is 5.91 Å². The number of carbonyl (C=O) groups is 3. The fraction of sp³-hybridized carbons (Fsp3) is 0.222. The Labute approximate surface area is 203 Å². The number of anilines is 3. The summed E-state index contributed by atoms with van der Waals surface area (Å²) in [6.07, 6.45) is 2.26. The number of ether oxygens (including phenoxy) is 2. The van der Waals surface area contributed by atoms with Crippen molar-refractivity contribution < 1.29 is 23.9 Å². The molecule has 4 rings (SSSR count). The van der Waals surface area contributed by atoms with E-state index in [9.17, 15) is 14.4 Å². The number of benzene rings is 3. The van der Waals surface area contributed by atoms with E-state index in [0.29, 0.717) is 52.7 Å². The molecule has 0 unspecified atom stereocenters. The monoisotopic (exact) mass is 473 g/mol. The van der Waals surface area contributed by atoms with Gasteiger partial charge < -0.3 is 25.0 Å². The number of amides is 3. The van der Waals surface area contributed by atoms with Crippen molar-refractivity contribution in [2.75, 3.05) is 36.3 Å². The highest BCUT2D eigenvalue weighted by atomic mass is 16.5. The second kappa shape index (κ2) is 10.7. The van der Waals surface area contributed by atoms with Crippen molar-refractivity contribution >= 4 is 34.8 Å². The van der Waals surface area contributed by atoms with Crippen molar-refractivity contribution in [3.05, 3.63) is 77.9 Å². The zero-order valence-corrected chi connectivity index (χ0v) is 19.7. The van der Waals surface area contributed by atoms with Crippen molar-refractivity contribution in [2.24, 2.45) is 0 Å². The highest BCUT2D eigenvalue weighted by molar-refractivity contribution is 6.12. The minimum Gasteiger partial charge on any atom is -0.497 e. The number of piperidine rings is 1. The average molecular weight is 474 g/mol. The van der Waals surface area contributed by atoms with Crippen LogP contribution in [0.1, 0.15) is 40.0 Å². The molecule has 3 amide bonds. The van der Waals surface area contributed by atoms with E-state index >= 15 is 0 Å². The number of carbonyl (C=O) groups excluding carboxylic acids is 3. The van der Waals surface area contributed by atoms with Gasteiger partial charge in [-0.1, -0.05) is 12.1 Å². The Hall–Kier alpha value is -4.33. The fourth-order valence-electron chi connectivity index (χ4n) is 3.96. The molecule has 180 valence electrons. The summed E-state index contributed by atoms with van der Waals surface area (Å²) in [7, 11) is 3.10. The van der Waals surface area contributed by atoms with Gasteiger partial charge in [-0.25, -0.2) is 0 Å². The van der Waals surface area contributed by atoms with Crippen LogP contribution in [0, 0.1) is 0 Å². The van der Waals surface area contributed by atoms with Gasteiger partial charge >= 0.3 is 0 Å². The predicted octanol–water partition coefficient (Wildman–Crippen LogP) is 4.73. The average Bonchev–Trinajstić information content (AvgIpc) is 2.89. The lowest BCUT2D eigenvalue weighted by Crippen LogP contribution is -2.35. The van der Waals surface area contributed by atoms with Crippen LogP contribution in [-0.4, -0.2) is 38.5 Å². The Kier molecular flexibility index (Phi) is 7.30. The molecule has 0 aliphatic carbocycles. The molecule has 1 fully saturated rings. The highest BCUT2D eigenvalue weighted by Crippen LogP contribution is 2.34. The minimum atomic E-state index is -0.392. The number of para-hydroxylation sites is 1. The Balaban J connectivity index is 1.54. The van der Waals surface area contributed by atoms with Crippen LogP contribution in [0.3, 0.4) is 0 Å². The number of rotatable bonds is 7. The molecule has 0 radical (unpaired) electrons. The van der Waals surface area contributed by atoms with E-state index in [0.717, 1.165) is 12.8 Å². The lowest BCUT2D eigenvalue weighted by Gasteiger charge is -2.28. The van der Waals surface area contributed by atoms with E-state index in [1.165, 1.54) is 0 Å². The smallest absolute Gasteiger partial charge is 0.257 e. The Bertz CT molecular complexity index is 1240. The normalized spacial score (nSPS) is 13.2. The molecule has 35 heavy (non-hydrogen) atoms. The number of nitrogens with zero attached hydrogens (tertiary/aromatic N) is 1. The van der Waals surface area contributed by atoms with Crippen LogP contribution in [0.25, 0.3) is 0 Å². The Morgan fingerprint density at radius 1 is 0.857 bits per heavy atom. The van der Waals surface area contributed by atoms with Crippen molar-refractivity contribution in [1.29, 1.82) is 0 Å². The minimum absolute atomic E-state index is 0.0321. The predicted molar refractivity (Wildman–Crippen MR) is 135 cm³/mol. The second-order valence-corrected chi connectivity index (χ2v) is 8.07. The molecule has 1 saturated heterocycles. The van der Waals surface area contributed by atoms with Gasteiger partial charge in [-0.2, -0.15) is 0 Å². The first-order chi connectivity index (χ1) is 17.0. The molecule has 1 aliphatic heterocycles. The van der Waals surface area contributed by atoms with Crippen LogP contribution >= 0.6 is 0 Å². The van der Waals surface area contributed by atoms with Crippen LogP contribution in [0.5, 0.6) is 11.5 Å². The summed E-state index contributed by atoms with van der Waals surface area (Å²) in [5.74, 6) is 0.501.